The maximum absolute atomic E-state index is 13.1. The number of rotatable bonds is 5. The molecule has 0 aliphatic carbocycles. The van der Waals surface area contributed by atoms with Gasteiger partial charge in [-0.2, -0.15) is 23.3 Å². The smallest absolute Gasteiger partial charge is 0.337 e. The Morgan fingerprint density at radius 1 is 1.03 bits per heavy atom. The molecule has 2 aromatic carbocycles. The summed E-state index contributed by atoms with van der Waals surface area (Å²) < 4.78 is 46.9. The van der Waals surface area contributed by atoms with E-state index in [2.05, 4.69) is 20.2 Å². The van der Waals surface area contributed by atoms with Gasteiger partial charge in [0.1, 0.15) is 18.3 Å². The summed E-state index contributed by atoms with van der Waals surface area (Å²) >= 11 is 0. The fraction of sp³-hybridized carbons (Fsp3) is 0.136. The van der Waals surface area contributed by atoms with Crippen LogP contribution in [0.5, 0.6) is 0 Å². The molecule has 166 valence electrons. The number of fused-ring (bicyclic) bond motifs is 1. The Balaban J connectivity index is 1.42. The molecule has 5 aromatic rings. The Hall–Kier alpha value is -4.28. The van der Waals surface area contributed by atoms with Crippen molar-refractivity contribution < 1.29 is 17.7 Å². The molecule has 3 heterocycles. The SMILES string of the molecule is O=c1c2cnn(-c3cccc(C(F)(F)F)c3)c2ncn1Cc1nc(Cc2ccccc2)no1. The van der Waals surface area contributed by atoms with Gasteiger partial charge in [0.25, 0.3) is 5.56 Å². The Morgan fingerprint density at radius 2 is 1.85 bits per heavy atom. The van der Waals surface area contributed by atoms with E-state index >= 15 is 0 Å². The van der Waals surface area contributed by atoms with E-state index in [0.717, 1.165) is 17.7 Å². The van der Waals surface area contributed by atoms with E-state index in [9.17, 15) is 18.0 Å². The van der Waals surface area contributed by atoms with E-state index in [1.807, 2.05) is 30.3 Å². The predicted molar refractivity (Wildman–Crippen MR) is 111 cm³/mol. The van der Waals surface area contributed by atoms with Crippen molar-refractivity contribution in [1.29, 1.82) is 0 Å². The molecule has 0 saturated heterocycles. The van der Waals surface area contributed by atoms with Crippen molar-refractivity contribution in [1.82, 2.24) is 29.5 Å². The van der Waals surface area contributed by atoms with Crippen molar-refractivity contribution in [3.05, 3.63) is 100 Å². The first-order valence-corrected chi connectivity index (χ1v) is 9.85. The highest BCUT2D eigenvalue weighted by molar-refractivity contribution is 5.75. The minimum absolute atomic E-state index is 0.00168. The second-order valence-electron chi connectivity index (χ2n) is 7.29. The van der Waals surface area contributed by atoms with Crippen LogP contribution in [0.3, 0.4) is 0 Å². The Kier molecular flexibility index (Phi) is 5.00. The standard InChI is InChI=1S/C22H15F3N6O2/c23-22(24,25)15-7-4-8-16(10-15)31-20-17(11-27-31)21(32)30(13-26-20)12-19-28-18(29-33-19)9-14-5-2-1-3-6-14/h1-8,10-11,13H,9,12H2. The molecule has 0 saturated carbocycles. The Bertz CT molecular complexity index is 1490. The number of nitrogens with zero attached hydrogens (tertiary/aromatic N) is 6. The number of alkyl halides is 3. The van der Waals surface area contributed by atoms with Crippen molar-refractivity contribution >= 4 is 11.0 Å². The molecule has 0 N–H and O–H groups in total. The largest absolute Gasteiger partial charge is 0.416 e. The molecule has 0 bridgehead atoms. The molecule has 0 atom stereocenters. The van der Waals surface area contributed by atoms with Crippen LogP contribution in [0.25, 0.3) is 16.7 Å². The van der Waals surface area contributed by atoms with Crippen LogP contribution in [-0.2, 0) is 19.1 Å². The first-order chi connectivity index (χ1) is 15.9. The van der Waals surface area contributed by atoms with Gasteiger partial charge < -0.3 is 4.52 Å². The van der Waals surface area contributed by atoms with Gasteiger partial charge >= 0.3 is 6.18 Å². The number of hydrogen-bond acceptors (Lipinski definition) is 6. The topological polar surface area (TPSA) is 91.6 Å². The highest BCUT2D eigenvalue weighted by atomic mass is 19.4. The Morgan fingerprint density at radius 3 is 2.64 bits per heavy atom. The molecule has 0 fully saturated rings. The zero-order valence-electron chi connectivity index (χ0n) is 16.9. The molecule has 0 spiro atoms. The molecule has 0 aliphatic rings. The lowest BCUT2D eigenvalue weighted by Gasteiger charge is -2.09. The fourth-order valence-electron chi connectivity index (χ4n) is 3.41. The summed E-state index contributed by atoms with van der Waals surface area (Å²) in [5, 5.41) is 8.16. The lowest BCUT2D eigenvalue weighted by atomic mass is 10.1. The zero-order chi connectivity index (χ0) is 23.0. The molecule has 3 aromatic heterocycles. The Labute approximate surface area is 183 Å². The van der Waals surface area contributed by atoms with Gasteiger partial charge in [-0.05, 0) is 23.8 Å². The molecule has 11 heteroatoms. The van der Waals surface area contributed by atoms with Crippen LogP contribution in [0.4, 0.5) is 13.2 Å². The van der Waals surface area contributed by atoms with Crippen LogP contribution in [-0.4, -0.2) is 29.5 Å². The van der Waals surface area contributed by atoms with Gasteiger partial charge in [0.15, 0.2) is 11.5 Å². The van der Waals surface area contributed by atoms with Crippen LogP contribution in [0, 0.1) is 0 Å². The summed E-state index contributed by atoms with van der Waals surface area (Å²) in [4.78, 5) is 21.4. The van der Waals surface area contributed by atoms with Gasteiger partial charge in [-0.3, -0.25) is 9.36 Å². The van der Waals surface area contributed by atoms with Gasteiger partial charge in [0.05, 0.1) is 17.4 Å². The highest BCUT2D eigenvalue weighted by Gasteiger charge is 2.30. The van der Waals surface area contributed by atoms with E-state index in [0.29, 0.717) is 12.2 Å². The van der Waals surface area contributed by atoms with Crippen LogP contribution in [0.1, 0.15) is 22.8 Å². The minimum Gasteiger partial charge on any atom is -0.337 e. The van der Waals surface area contributed by atoms with E-state index in [1.54, 1.807) is 0 Å². The van der Waals surface area contributed by atoms with Gasteiger partial charge in [-0.25, -0.2) is 9.67 Å². The summed E-state index contributed by atoms with van der Waals surface area (Å²) in [6.07, 6.45) is -1.46. The minimum atomic E-state index is -4.50. The maximum Gasteiger partial charge on any atom is 0.416 e. The summed E-state index contributed by atoms with van der Waals surface area (Å²) in [5.74, 6) is 0.713. The molecule has 5 rings (SSSR count). The molecule has 0 radical (unpaired) electrons. The number of benzene rings is 2. The first-order valence-electron chi connectivity index (χ1n) is 9.85. The van der Waals surface area contributed by atoms with Crippen molar-refractivity contribution in [2.45, 2.75) is 19.1 Å². The van der Waals surface area contributed by atoms with Gasteiger partial charge in [-0.1, -0.05) is 41.6 Å². The summed E-state index contributed by atoms with van der Waals surface area (Å²) in [6.45, 7) is -0.00168. The molecule has 0 aliphatic heterocycles. The highest BCUT2D eigenvalue weighted by Crippen LogP contribution is 2.30. The number of hydrogen-bond donors (Lipinski definition) is 0. The third-order valence-corrected chi connectivity index (χ3v) is 4.99. The molecule has 8 nitrogen and oxygen atoms in total. The lowest BCUT2D eigenvalue weighted by molar-refractivity contribution is -0.137. The number of aromatic nitrogens is 6. The average Bonchev–Trinajstić information content (AvgIpc) is 3.43. The maximum atomic E-state index is 13.1. The van der Waals surface area contributed by atoms with Crippen LogP contribution < -0.4 is 5.56 Å². The zero-order valence-corrected chi connectivity index (χ0v) is 16.9. The fourth-order valence-corrected chi connectivity index (χ4v) is 3.41. The van der Waals surface area contributed by atoms with Gasteiger partial charge in [0.2, 0.25) is 5.89 Å². The van der Waals surface area contributed by atoms with Gasteiger partial charge in [-0.15, -0.1) is 0 Å². The van der Waals surface area contributed by atoms with Crippen molar-refractivity contribution in [3.8, 4) is 5.69 Å². The second kappa shape index (κ2) is 8.01. The summed E-state index contributed by atoms with van der Waals surface area (Å²) in [5.41, 5.74) is 0.0608. The van der Waals surface area contributed by atoms with Crippen LogP contribution in [0.15, 0.2) is 76.4 Å². The number of halogens is 3. The molecule has 0 amide bonds. The van der Waals surface area contributed by atoms with Crippen molar-refractivity contribution in [2.24, 2.45) is 0 Å². The molecule has 0 unspecified atom stereocenters. The van der Waals surface area contributed by atoms with Gasteiger partial charge in [0, 0.05) is 6.42 Å². The molecular formula is C22H15F3N6O2. The second-order valence-corrected chi connectivity index (χ2v) is 7.29. The first kappa shape index (κ1) is 20.6. The normalized spacial score (nSPS) is 11.8. The van der Waals surface area contributed by atoms with Crippen LogP contribution in [0.2, 0.25) is 0 Å². The lowest BCUT2D eigenvalue weighted by Crippen LogP contribution is -2.21. The molecule has 33 heavy (non-hydrogen) atoms. The summed E-state index contributed by atoms with van der Waals surface area (Å²) in [7, 11) is 0. The third kappa shape index (κ3) is 4.12. The average molecular weight is 452 g/mol. The van der Waals surface area contributed by atoms with E-state index in [1.165, 1.54) is 33.9 Å². The quantitative estimate of drug-likeness (QED) is 0.405. The van der Waals surface area contributed by atoms with E-state index in [4.69, 9.17) is 4.52 Å². The summed E-state index contributed by atoms with van der Waals surface area (Å²) in [6, 6.07) is 14.3. The third-order valence-electron chi connectivity index (χ3n) is 4.99. The van der Waals surface area contributed by atoms with E-state index in [-0.39, 0.29) is 29.2 Å². The van der Waals surface area contributed by atoms with E-state index < -0.39 is 17.3 Å². The predicted octanol–water partition coefficient (Wildman–Crippen LogP) is 3.62. The van der Waals surface area contributed by atoms with Crippen LogP contribution >= 0.6 is 0 Å². The van der Waals surface area contributed by atoms with Crippen molar-refractivity contribution in [2.75, 3.05) is 0 Å². The monoisotopic (exact) mass is 452 g/mol. The molecular weight excluding hydrogens is 437 g/mol. The van der Waals surface area contributed by atoms with Crippen molar-refractivity contribution in [3.63, 3.8) is 0 Å².